The van der Waals surface area contributed by atoms with Crippen molar-refractivity contribution in [2.75, 3.05) is 7.11 Å². The van der Waals surface area contributed by atoms with Crippen LogP contribution >= 0.6 is 22.9 Å². The first kappa shape index (κ1) is 17.2. The van der Waals surface area contributed by atoms with E-state index in [9.17, 15) is 14.4 Å². The fourth-order valence-electron chi connectivity index (χ4n) is 3.23. The second kappa shape index (κ2) is 7.11. The number of hydrogen-bond donors (Lipinski definition) is 1. The van der Waals surface area contributed by atoms with Crippen LogP contribution in [0.4, 0.5) is 0 Å². The number of nitrogens with one attached hydrogen (secondary N) is 1. The lowest BCUT2D eigenvalue weighted by Gasteiger charge is -2.26. The van der Waals surface area contributed by atoms with Gasteiger partial charge in [-0.3, -0.25) is 14.4 Å². The van der Waals surface area contributed by atoms with E-state index in [2.05, 4.69) is 10.1 Å². The minimum Gasteiger partial charge on any atom is -0.469 e. The van der Waals surface area contributed by atoms with Crippen LogP contribution < -0.4 is 5.32 Å². The number of hydrogen-bond acceptors (Lipinski definition) is 5. The number of amides is 2. The van der Waals surface area contributed by atoms with E-state index in [1.807, 2.05) is 6.07 Å². The van der Waals surface area contributed by atoms with E-state index in [-0.39, 0.29) is 30.7 Å². The number of rotatable bonds is 6. The van der Waals surface area contributed by atoms with Gasteiger partial charge in [0, 0.05) is 17.3 Å². The van der Waals surface area contributed by atoms with Crippen molar-refractivity contribution >= 4 is 40.7 Å². The summed E-state index contributed by atoms with van der Waals surface area (Å²) in [4.78, 5) is 38.8. The summed E-state index contributed by atoms with van der Waals surface area (Å²) < 4.78 is 5.25. The average molecular weight is 371 g/mol. The summed E-state index contributed by atoms with van der Waals surface area (Å²) in [5.41, 5.74) is 0. The van der Waals surface area contributed by atoms with Crippen molar-refractivity contribution in [2.45, 2.75) is 44.3 Å². The molecule has 0 radical (unpaired) electrons. The molecule has 130 valence electrons. The molecule has 2 heterocycles. The van der Waals surface area contributed by atoms with Crippen LogP contribution in [0.3, 0.4) is 0 Å². The molecule has 1 saturated carbocycles. The van der Waals surface area contributed by atoms with Crippen molar-refractivity contribution in [3.8, 4) is 0 Å². The molecule has 3 unspecified atom stereocenters. The Hall–Kier alpha value is -1.60. The van der Waals surface area contributed by atoms with Crippen LogP contribution in [0, 0.1) is 5.92 Å². The van der Waals surface area contributed by atoms with E-state index >= 15 is 0 Å². The van der Waals surface area contributed by atoms with E-state index in [4.69, 9.17) is 11.6 Å². The molecule has 3 rings (SSSR count). The number of ether oxygens (including phenoxy) is 1. The minimum atomic E-state index is -0.436. The Balaban J connectivity index is 1.56. The predicted octanol–water partition coefficient (Wildman–Crippen LogP) is 1.96. The Kier molecular flexibility index (Phi) is 5.10. The van der Waals surface area contributed by atoms with Gasteiger partial charge in [-0.05, 0) is 30.9 Å². The third kappa shape index (κ3) is 3.72. The van der Waals surface area contributed by atoms with Gasteiger partial charge in [-0.1, -0.05) is 11.6 Å². The summed E-state index contributed by atoms with van der Waals surface area (Å²) in [6.45, 7) is 0.409. The Morgan fingerprint density at radius 1 is 1.33 bits per heavy atom. The van der Waals surface area contributed by atoms with E-state index in [0.717, 1.165) is 11.3 Å². The van der Waals surface area contributed by atoms with Crippen LogP contribution in [-0.2, 0) is 25.7 Å². The summed E-state index contributed by atoms with van der Waals surface area (Å²) in [5.74, 6) is -0.285. The smallest absolute Gasteiger partial charge is 0.306 e. The van der Waals surface area contributed by atoms with Gasteiger partial charge in [-0.2, -0.15) is 0 Å². The van der Waals surface area contributed by atoms with Crippen LogP contribution in [0.15, 0.2) is 12.1 Å². The number of fused-ring (bicyclic) bond motifs is 1. The Morgan fingerprint density at radius 3 is 2.79 bits per heavy atom. The summed E-state index contributed by atoms with van der Waals surface area (Å²) >= 11 is 7.30. The largest absolute Gasteiger partial charge is 0.469 e. The van der Waals surface area contributed by atoms with Gasteiger partial charge in [0.15, 0.2) is 0 Å². The van der Waals surface area contributed by atoms with E-state index in [1.54, 1.807) is 11.0 Å². The van der Waals surface area contributed by atoms with Crippen molar-refractivity contribution in [3.05, 3.63) is 21.3 Å². The molecule has 1 N–H and O–H groups in total. The number of piperidine rings is 1. The lowest BCUT2D eigenvalue weighted by Crippen LogP contribution is -2.47. The van der Waals surface area contributed by atoms with Gasteiger partial charge < -0.3 is 15.0 Å². The van der Waals surface area contributed by atoms with Crippen LogP contribution in [0.2, 0.25) is 4.34 Å². The summed E-state index contributed by atoms with van der Waals surface area (Å²) in [6.07, 6.45) is 1.78. The highest BCUT2D eigenvalue weighted by Crippen LogP contribution is 2.48. The highest BCUT2D eigenvalue weighted by Gasteiger charge is 2.55. The van der Waals surface area contributed by atoms with Crippen molar-refractivity contribution < 1.29 is 19.1 Å². The first-order chi connectivity index (χ1) is 11.5. The molecule has 6 nitrogen and oxygen atoms in total. The second-order valence-corrected chi connectivity index (χ2v) is 7.92. The zero-order chi connectivity index (χ0) is 17.3. The Bertz CT molecular complexity index is 662. The van der Waals surface area contributed by atoms with E-state index in [0.29, 0.717) is 23.2 Å². The van der Waals surface area contributed by atoms with E-state index < -0.39 is 12.0 Å². The number of thiophene rings is 1. The Labute approximate surface area is 149 Å². The molecule has 24 heavy (non-hydrogen) atoms. The van der Waals surface area contributed by atoms with Crippen LogP contribution in [-0.4, -0.2) is 41.9 Å². The third-order valence-electron chi connectivity index (χ3n) is 4.53. The average Bonchev–Trinajstić information content (AvgIpc) is 3.03. The van der Waals surface area contributed by atoms with Gasteiger partial charge in [0.1, 0.15) is 6.04 Å². The van der Waals surface area contributed by atoms with Crippen LogP contribution in [0.5, 0.6) is 0 Å². The quantitative estimate of drug-likeness (QED) is 0.777. The van der Waals surface area contributed by atoms with Crippen molar-refractivity contribution in [1.82, 2.24) is 10.2 Å². The maximum Gasteiger partial charge on any atom is 0.306 e. The third-order valence-corrected chi connectivity index (χ3v) is 5.76. The lowest BCUT2D eigenvalue weighted by molar-refractivity contribution is -0.145. The standard InChI is InChI=1S/C16H19ClN2O4S/c1-23-15(21)5-4-14(20)19-11-6-9(11)7-12(19)16(22)18-8-10-2-3-13(17)24-10/h2-3,9,11-12H,4-8H2,1H3,(H,18,22). The SMILES string of the molecule is COC(=O)CCC(=O)N1C(C(=O)NCc2ccc(Cl)s2)CC2CC21. The lowest BCUT2D eigenvalue weighted by atomic mass is 10.1. The van der Waals surface area contributed by atoms with Crippen molar-refractivity contribution in [1.29, 1.82) is 0 Å². The summed E-state index contributed by atoms with van der Waals surface area (Å²) in [5, 5.41) is 2.88. The molecule has 2 fully saturated rings. The van der Waals surface area contributed by atoms with Crippen molar-refractivity contribution in [3.63, 3.8) is 0 Å². The van der Waals surface area contributed by atoms with Crippen molar-refractivity contribution in [2.24, 2.45) is 5.92 Å². The number of carbonyl (C=O) groups excluding carboxylic acids is 3. The molecule has 2 amide bonds. The molecule has 8 heteroatoms. The van der Waals surface area contributed by atoms with Gasteiger partial charge in [0.05, 0.1) is 24.4 Å². The van der Waals surface area contributed by atoms with Gasteiger partial charge >= 0.3 is 5.97 Å². The number of carbonyl (C=O) groups is 3. The summed E-state index contributed by atoms with van der Waals surface area (Å²) in [6, 6.07) is 3.39. The molecule has 1 aromatic heterocycles. The maximum absolute atomic E-state index is 12.5. The number of halogens is 1. The molecule has 2 aliphatic rings. The highest BCUT2D eigenvalue weighted by molar-refractivity contribution is 7.16. The van der Waals surface area contributed by atoms with Gasteiger partial charge in [-0.25, -0.2) is 0 Å². The van der Waals surface area contributed by atoms with Gasteiger partial charge in [0.25, 0.3) is 0 Å². The highest BCUT2D eigenvalue weighted by atomic mass is 35.5. The molecule has 0 spiro atoms. The molecule has 1 aromatic rings. The minimum absolute atomic E-state index is 0.0469. The predicted molar refractivity (Wildman–Crippen MR) is 89.6 cm³/mol. The first-order valence-electron chi connectivity index (χ1n) is 7.89. The monoisotopic (exact) mass is 370 g/mol. The van der Waals surface area contributed by atoms with Gasteiger partial charge in [0.2, 0.25) is 11.8 Å². The maximum atomic E-state index is 12.5. The molecule has 1 saturated heterocycles. The number of nitrogens with zero attached hydrogens (tertiary/aromatic N) is 1. The molecule has 3 atom stereocenters. The van der Waals surface area contributed by atoms with Gasteiger partial charge in [-0.15, -0.1) is 11.3 Å². The molecule has 0 aromatic carbocycles. The number of methoxy groups -OCH3 is 1. The fraction of sp³-hybridized carbons (Fsp3) is 0.562. The Morgan fingerprint density at radius 2 is 2.12 bits per heavy atom. The van der Waals surface area contributed by atoms with Crippen LogP contribution in [0.25, 0.3) is 0 Å². The number of esters is 1. The second-order valence-electron chi connectivity index (χ2n) is 6.12. The molecule has 1 aliphatic carbocycles. The molecule has 0 bridgehead atoms. The normalized spacial score (nSPS) is 24.4. The molecule has 1 aliphatic heterocycles. The molecular weight excluding hydrogens is 352 g/mol. The molecular formula is C16H19ClN2O4S. The zero-order valence-electron chi connectivity index (χ0n) is 13.3. The summed E-state index contributed by atoms with van der Waals surface area (Å²) in [7, 11) is 1.30. The first-order valence-corrected chi connectivity index (χ1v) is 9.09. The topological polar surface area (TPSA) is 75.7 Å². The van der Waals surface area contributed by atoms with Crippen LogP contribution in [0.1, 0.15) is 30.6 Å². The zero-order valence-corrected chi connectivity index (χ0v) is 14.9. The van der Waals surface area contributed by atoms with E-state index in [1.165, 1.54) is 18.4 Å². The fourth-order valence-corrected chi connectivity index (χ4v) is 4.26. The number of likely N-dealkylation sites (tertiary alicyclic amines) is 1.